The summed E-state index contributed by atoms with van der Waals surface area (Å²) < 4.78 is 39.2. The van der Waals surface area contributed by atoms with E-state index in [1.807, 2.05) is 6.07 Å². The molecule has 0 saturated carbocycles. The molecule has 4 atom stereocenters. The molecule has 3 rings (SSSR count). The van der Waals surface area contributed by atoms with Gasteiger partial charge in [0.2, 0.25) is 0 Å². The summed E-state index contributed by atoms with van der Waals surface area (Å²) in [6.45, 7) is 1.04. The van der Waals surface area contributed by atoms with Gasteiger partial charge in [0.15, 0.2) is 6.29 Å². The molecule has 2 aliphatic rings. The first-order chi connectivity index (χ1) is 11.5. The second-order valence-corrected chi connectivity index (χ2v) is 7.08. The van der Waals surface area contributed by atoms with Gasteiger partial charge in [0.1, 0.15) is 18.0 Å². The van der Waals surface area contributed by atoms with Gasteiger partial charge in [-0.25, -0.2) is 9.09 Å². The molecule has 0 spiro atoms. The smallest absolute Gasteiger partial charge is 0.460 e. The van der Waals surface area contributed by atoms with Crippen molar-refractivity contribution >= 4 is 13.8 Å². The topological polar surface area (TPSA) is 101 Å². The van der Waals surface area contributed by atoms with E-state index in [1.54, 1.807) is 18.2 Å². The Morgan fingerprint density at radius 2 is 2.17 bits per heavy atom. The SMILES string of the molecule is CC(=O)O[C@H]1CC[C@@H](OP2(=O)OCc3ccccc3O2)O[C@@H]1CO. The lowest BCUT2D eigenvalue weighted by molar-refractivity contribution is -0.213. The van der Waals surface area contributed by atoms with Crippen LogP contribution in [0.4, 0.5) is 0 Å². The fourth-order valence-electron chi connectivity index (χ4n) is 2.63. The summed E-state index contributed by atoms with van der Waals surface area (Å²) in [6.07, 6.45) is -1.47. The van der Waals surface area contributed by atoms with E-state index in [9.17, 15) is 14.5 Å². The number of phosphoric acid groups is 1. The van der Waals surface area contributed by atoms with Crippen molar-refractivity contribution in [2.45, 2.75) is 44.9 Å². The molecule has 1 fully saturated rings. The van der Waals surface area contributed by atoms with Crippen molar-refractivity contribution in [1.82, 2.24) is 0 Å². The van der Waals surface area contributed by atoms with Crippen molar-refractivity contribution in [2.75, 3.05) is 6.61 Å². The van der Waals surface area contributed by atoms with Crippen LogP contribution in [0.2, 0.25) is 0 Å². The highest BCUT2D eigenvalue weighted by molar-refractivity contribution is 7.49. The Labute approximate surface area is 139 Å². The molecule has 8 nitrogen and oxygen atoms in total. The van der Waals surface area contributed by atoms with Crippen LogP contribution < -0.4 is 4.52 Å². The molecule has 1 aromatic carbocycles. The third kappa shape index (κ3) is 3.96. The standard InChI is InChI=1S/C15H19O8P/c1-10(17)20-13-6-7-15(21-14(13)8-16)23-24(18)19-9-11-4-2-3-5-12(11)22-24/h2-5,13-16H,6-9H2,1H3/t13-,14+,15+,24?/m0/s1. The summed E-state index contributed by atoms with van der Waals surface area (Å²) in [5.74, 6) is -0.0100. The van der Waals surface area contributed by atoms with E-state index in [2.05, 4.69) is 0 Å². The lowest BCUT2D eigenvalue weighted by atomic mass is 10.1. The zero-order valence-electron chi connectivity index (χ0n) is 13.1. The molecule has 0 bridgehead atoms. The Balaban J connectivity index is 1.63. The molecule has 0 amide bonds. The first-order valence-electron chi connectivity index (χ1n) is 7.63. The molecule has 2 heterocycles. The van der Waals surface area contributed by atoms with Crippen molar-refractivity contribution in [2.24, 2.45) is 0 Å². The van der Waals surface area contributed by atoms with Gasteiger partial charge in [-0.3, -0.25) is 9.32 Å². The van der Waals surface area contributed by atoms with Gasteiger partial charge in [0.25, 0.3) is 0 Å². The summed E-state index contributed by atoms with van der Waals surface area (Å²) in [4.78, 5) is 11.1. The molecule has 1 unspecified atom stereocenters. The molecule has 0 aliphatic carbocycles. The van der Waals surface area contributed by atoms with Gasteiger partial charge in [0.05, 0.1) is 13.2 Å². The molecule has 0 radical (unpaired) electrons. The molecule has 24 heavy (non-hydrogen) atoms. The number of aliphatic hydroxyl groups excluding tert-OH is 1. The highest BCUT2D eigenvalue weighted by Gasteiger charge is 2.41. The zero-order chi connectivity index (χ0) is 17.2. The van der Waals surface area contributed by atoms with Crippen molar-refractivity contribution in [3.63, 3.8) is 0 Å². The van der Waals surface area contributed by atoms with Crippen molar-refractivity contribution in [1.29, 1.82) is 0 Å². The molecule has 1 N–H and O–H groups in total. The van der Waals surface area contributed by atoms with Crippen molar-refractivity contribution < 1.29 is 37.5 Å². The molecule has 1 saturated heterocycles. The van der Waals surface area contributed by atoms with Crippen LogP contribution in [-0.4, -0.2) is 36.2 Å². The highest BCUT2D eigenvalue weighted by atomic mass is 31.2. The third-order valence-electron chi connectivity index (χ3n) is 3.73. The van der Waals surface area contributed by atoms with Crippen LogP contribution in [0.15, 0.2) is 24.3 Å². The second-order valence-electron chi connectivity index (χ2n) is 5.54. The van der Waals surface area contributed by atoms with Gasteiger partial charge in [-0.1, -0.05) is 18.2 Å². The van der Waals surface area contributed by atoms with E-state index in [0.717, 1.165) is 5.56 Å². The van der Waals surface area contributed by atoms with E-state index < -0.39 is 32.3 Å². The van der Waals surface area contributed by atoms with E-state index >= 15 is 0 Å². The van der Waals surface area contributed by atoms with Gasteiger partial charge >= 0.3 is 13.8 Å². The maximum atomic E-state index is 12.6. The molecule has 9 heteroatoms. The Morgan fingerprint density at radius 1 is 1.38 bits per heavy atom. The normalized spacial score (nSPS) is 32.5. The Bertz CT molecular complexity index is 648. The molecule has 2 aliphatic heterocycles. The average Bonchev–Trinajstić information content (AvgIpc) is 2.55. The van der Waals surface area contributed by atoms with E-state index in [1.165, 1.54) is 6.92 Å². The Hall–Kier alpha value is -1.44. The summed E-state index contributed by atoms with van der Waals surface area (Å²) in [7, 11) is -3.81. The number of rotatable bonds is 4. The van der Waals surface area contributed by atoms with Crippen LogP contribution in [0, 0.1) is 0 Å². The van der Waals surface area contributed by atoms with Gasteiger partial charge in [-0.15, -0.1) is 0 Å². The van der Waals surface area contributed by atoms with Crippen LogP contribution in [0.1, 0.15) is 25.3 Å². The largest absolute Gasteiger partial charge is 0.532 e. The lowest BCUT2D eigenvalue weighted by Crippen LogP contribution is -2.44. The van der Waals surface area contributed by atoms with Crippen LogP contribution >= 0.6 is 7.82 Å². The second kappa shape index (κ2) is 7.21. The van der Waals surface area contributed by atoms with Crippen LogP contribution in [0.5, 0.6) is 5.75 Å². The number of hydrogen-bond donors (Lipinski definition) is 1. The van der Waals surface area contributed by atoms with Crippen LogP contribution in [0.3, 0.4) is 0 Å². The predicted molar refractivity (Wildman–Crippen MR) is 81.1 cm³/mol. The van der Waals surface area contributed by atoms with E-state index in [4.69, 9.17) is 23.0 Å². The number of para-hydroxylation sites is 1. The predicted octanol–water partition coefficient (Wildman–Crippen LogP) is 2.15. The first-order valence-corrected chi connectivity index (χ1v) is 9.09. The molecule has 132 valence electrons. The third-order valence-corrected chi connectivity index (χ3v) is 5.09. The Kier molecular flexibility index (Phi) is 5.22. The Morgan fingerprint density at radius 3 is 2.92 bits per heavy atom. The molecule has 0 aromatic heterocycles. The lowest BCUT2D eigenvalue weighted by Gasteiger charge is -2.36. The van der Waals surface area contributed by atoms with Gasteiger partial charge in [0, 0.05) is 18.9 Å². The summed E-state index contributed by atoms with van der Waals surface area (Å²) in [5, 5.41) is 9.39. The number of hydrogen-bond acceptors (Lipinski definition) is 8. The number of fused-ring (bicyclic) bond motifs is 1. The summed E-state index contributed by atoms with van der Waals surface area (Å²) in [5.41, 5.74) is 0.778. The van der Waals surface area contributed by atoms with E-state index in [0.29, 0.717) is 18.6 Å². The van der Waals surface area contributed by atoms with Crippen LogP contribution in [-0.2, 0) is 34.5 Å². The minimum absolute atomic E-state index is 0.111. The molecule has 1 aromatic rings. The monoisotopic (exact) mass is 358 g/mol. The fraction of sp³-hybridized carbons (Fsp3) is 0.533. The number of aliphatic hydroxyl groups is 1. The maximum Gasteiger partial charge on any atom is 0.532 e. The number of phosphoric ester groups is 1. The quantitative estimate of drug-likeness (QED) is 0.645. The molecular formula is C15H19O8P. The number of esters is 1. The van der Waals surface area contributed by atoms with E-state index in [-0.39, 0.29) is 13.2 Å². The van der Waals surface area contributed by atoms with Gasteiger partial charge in [-0.05, 0) is 12.5 Å². The number of carbonyl (C=O) groups is 1. The number of ether oxygens (including phenoxy) is 2. The summed E-state index contributed by atoms with van der Waals surface area (Å²) >= 11 is 0. The maximum absolute atomic E-state index is 12.6. The minimum atomic E-state index is -3.81. The highest BCUT2D eigenvalue weighted by Crippen LogP contribution is 2.56. The average molecular weight is 358 g/mol. The number of benzene rings is 1. The van der Waals surface area contributed by atoms with Crippen molar-refractivity contribution in [3.05, 3.63) is 29.8 Å². The molecular weight excluding hydrogens is 339 g/mol. The summed E-state index contributed by atoms with van der Waals surface area (Å²) in [6, 6.07) is 7.08. The van der Waals surface area contributed by atoms with Gasteiger partial charge < -0.3 is 19.1 Å². The van der Waals surface area contributed by atoms with Gasteiger partial charge in [-0.2, -0.15) is 0 Å². The first kappa shape index (κ1) is 17.4. The number of carbonyl (C=O) groups excluding carboxylic acids is 1. The minimum Gasteiger partial charge on any atom is -0.460 e. The zero-order valence-corrected chi connectivity index (χ0v) is 14.0. The van der Waals surface area contributed by atoms with Crippen molar-refractivity contribution in [3.8, 4) is 5.75 Å². The van der Waals surface area contributed by atoms with Crippen LogP contribution in [0.25, 0.3) is 0 Å². The fourth-order valence-corrected chi connectivity index (χ4v) is 3.94.